The molecular formula is C18H26FN3O2. The molecule has 0 aromatic heterocycles. The van der Waals surface area contributed by atoms with Crippen molar-refractivity contribution in [2.75, 3.05) is 44.7 Å². The van der Waals surface area contributed by atoms with Crippen LogP contribution >= 0.6 is 0 Å². The molecule has 6 heteroatoms. The van der Waals surface area contributed by atoms with Gasteiger partial charge in [-0.2, -0.15) is 0 Å². The third-order valence-electron chi connectivity index (χ3n) is 5.35. The number of benzene rings is 1. The van der Waals surface area contributed by atoms with Crippen molar-refractivity contribution in [3.8, 4) is 5.75 Å². The highest BCUT2D eigenvalue weighted by molar-refractivity contribution is 5.80. The van der Waals surface area contributed by atoms with Gasteiger partial charge >= 0.3 is 0 Å². The minimum absolute atomic E-state index is 0.0990. The second kappa shape index (κ2) is 7.38. The third-order valence-corrected chi connectivity index (χ3v) is 5.35. The van der Waals surface area contributed by atoms with Gasteiger partial charge in [-0.05, 0) is 37.4 Å². The van der Waals surface area contributed by atoms with Gasteiger partial charge in [-0.25, -0.2) is 4.39 Å². The molecule has 2 aliphatic rings. The zero-order valence-corrected chi connectivity index (χ0v) is 14.2. The van der Waals surface area contributed by atoms with Gasteiger partial charge in [0.15, 0.2) is 0 Å². The normalized spacial score (nSPS) is 24.3. The smallest absolute Gasteiger partial charge is 0.226 e. The van der Waals surface area contributed by atoms with Crippen LogP contribution in [0.15, 0.2) is 18.2 Å². The van der Waals surface area contributed by atoms with Crippen molar-refractivity contribution in [1.29, 1.82) is 0 Å². The quantitative estimate of drug-likeness (QED) is 0.912. The first-order valence-electron chi connectivity index (χ1n) is 8.71. The molecule has 0 bridgehead atoms. The van der Waals surface area contributed by atoms with Crippen LogP contribution in [0.4, 0.5) is 10.1 Å². The van der Waals surface area contributed by atoms with E-state index in [9.17, 15) is 9.18 Å². The minimum atomic E-state index is -0.307. The molecule has 1 aromatic carbocycles. The number of hydrogen-bond acceptors (Lipinski definition) is 4. The Bertz CT molecular complexity index is 588. The largest absolute Gasteiger partial charge is 0.494 e. The molecule has 0 spiro atoms. The Kier molecular flexibility index (Phi) is 5.23. The summed E-state index contributed by atoms with van der Waals surface area (Å²) in [7, 11) is 1.55. The summed E-state index contributed by atoms with van der Waals surface area (Å²) in [5, 5.41) is 0. The number of anilines is 1. The molecule has 1 heterocycles. The fraction of sp³-hybridized carbons (Fsp3) is 0.611. The lowest BCUT2D eigenvalue weighted by Crippen LogP contribution is -2.51. The number of rotatable bonds is 4. The van der Waals surface area contributed by atoms with Crippen LogP contribution in [0.2, 0.25) is 0 Å². The van der Waals surface area contributed by atoms with E-state index < -0.39 is 0 Å². The maximum atomic E-state index is 13.4. The first kappa shape index (κ1) is 17.0. The molecule has 1 saturated heterocycles. The van der Waals surface area contributed by atoms with E-state index in [1.807, 2.05) is 4.90 Å². The summed E-state index contributed by atoms with van der Waals surface area (Å²) in [5.74, 6) is 0.926. The SMILES string of the molecule is COc1cc(F)ccc1N1CCN(C(=O)[C@@H]2CCC[C@@H]2CN)CC1. The average molecular weight is 335 g/mol. The van der Waals surface area contributed by atoms with Crippen LogP contribution in [0.1, 0.15) is 19.3 Å². The van der Waals surface area contributed by atoms with E-state index in [1.54, 1.807) is 13.2 Å². The maximum absolute atomic E-state index is 13.4. The number of halogens is 1. The molecule has 132 valence electrons. The molecule has 2 N–H and O–H groups in total. The second-order valence-corrected chi connectivity index (χ2v) is 6.66. The van der Waals surface area contributed by atoms with Crippen LogP contribution in [-0.4, -0.2) is 50.6 Å². The lowest BCUT2D eigenvalue weighted by Gasteiger charge is -2.38. The Balaban J connectivity index is 1.63. The first-order valence-corrected chi connectivity index (χ1v) is 8.71. The summed E-state index contributed by atoms with van der Waals surface area (Å²) in [6, 6.07) is 4.59. The van der Waals surface area contributed by atoms with Gasteiger partial charge in [0.1, 0.15) is 11.6 Å². The molecule has 2 atom stereocenters. The monoisotopic (exact) mass is 335 g/mol. The molecule has 1 amide bonds. The van der Waals surface area contributed by atoms with Gasteiger partial charge in [0.2, 0.25) is 5.91 Å². The van der Waals surface area contributed by atoms with Crippen molar-refractivity contribution in [3.63, 3.8) is 0 Å². The van der Waals surface area contributed by atoms with Crippen LogP contribution in [0.5, 0.6) is 5.75 Å². The molecule has 24 heavy (non-hydrogen) atoms. The number of amides is 1. The Morgan fingerprint density at radius 3 is 2.71 bits per heavy atom. The number of methoxy groups -OCH3 is 1. The summed E-state index contributed by atoms with van der Waals surface area (Å²) in [5.41, 5.74) is 6.69. The molecule has 1 aliphatic heterocycles. The molecule has 5 nitrogen and oxygen atoms in total. The molecular weight excluding hydrogens is 309 g/mol. The molecule has 1 aliphatic carbocycles. The van der Waals surface area contributed by atoms with Crippen molar-refractivity contribution < 1.29 is 13.9 Å². The fourth-order valence-electron chi connectivity index (χ4n) is 3.96. The van der Waals surface area contributed by atoms with E-state index in [-0.39, 0.29) is 17.6 Å². The average Bonchev–Trinajstić information content (AvgIpc) is 3.10. The van der Waals surface area contributed by atoms with Crippen LogP contribution in [-0.2, 0) is 4.79 Å². The van der Waals surface area contributed by atoms with E-state index in [0.717, 1.165) is 38.0 Å². The fourth-order valence-corrected chi connectivity index (χ4v) is 3.96. The Hall–Kier alpha value is -1.82. The molecule has 3 rings (SSSR count). The number of carbonyl (C=O) groups is 1. The highest BCUT2D eigenvalue weighted by Gasteiger charge is 2.35. The highest BCUT2D eigenvalue weighted by atomic mass is 19.1. The van der Waals surface area contributed by atoms with Crippen molar-refractivity contribution in [2.45, 2.75) is 19.3 Å². The predicted octanol–water partition coefficient (Wildman–Crippen LogP) is 1.86. The summed E-state index contributed by atoms with van der Waals surface area (Å²) in [6.45, 7) is 3.44. The van der Waals surface area contributed by atoms with Crippen LogP contribution in [0, 0.1) is 17.7 Å². The zero-order chi connectivity index (χ0) is 17.1. The Labute approximate surface area is 142 Å². The number of hydrogen-bond donors (Lipinski definition) is 1. The Morgan fingerprint density at radius 2 is 2.04 bits per heavy atom. The van der Waals surface area contributed by atoms with Gasteiger partial charge in [-0.15, -0.1) is 0 Å². The van der Waals surface area contributed by atoms with Crippen molar-refractivity contribution in [2.24, 2.45) is 17.6 Å². The van der Waals surface area contributed by atoms with E-state index in [2.05, 4.69) is 4.90 Å². The van der Waals surface area contributed by atoms with Crippen LogP contribution in [0.3, 0.4) is 0 Å². The van der Waals surface area contributed by atoms with E-state index >= 15 is 0 Å². The molecule has 1 aromatic rings. The zero-order valence-electron chi connectivity index (χ0n) is 14.2. The minimum Gasteiger partial charge on any atom is -0.494 e. The van der Waals surface area contributed by atoms with Gasteiger partial charge in [-0.3, -0.25) is 4.79 Å². The van der Waals surface area contributed by atoms with Crippen molar-refractivity contribution in [1.82, 2.24) is 4.90 Å². The van der Waals surface area contributed by atoms with E-state index in [1.165, 1.54) is 12.1 Å². The van der Waals surface area contributed by atoms with Crippen molar-refractivity contribution >= 4 is 11.6 Å². The Morgan fingerprint density at radius 1 is 1.29 bits per heavy atom. The highest BCUT2D eigenvalue weighted by Crippen LogP contribution is 2.33. The van der Waals surface area contributed by atoms with Gasteiger partial charge in [0, 0.05) is 38.2 Å². The summed E-state index contributed by atoms with van der Waals surface area (Å²) >= 11 is 0. The molecule has 0 radical (unpaired) electrons. The molecule has 2 fully saturated rings. The van der Waals surface area contributed by atoms with E-state index in [4.69, 9.17) is 10.5 Å². The molecule has 0 unspecified atom stereocenters. The van der Waals surface area contributed by atoms with Crippen molar-refractivity contribution in [3.05, 3.63) is 24.0 Å². The molecule has 1 saturated carbocycles. The van der Waals surface area contributed by atoms with E-state index in [0.29, 0.717) is 31.3 Å². The summed E-state index contributed by atoms with van der Waals surface area (Å²) in [6.07, 6.45) is 3.14. The van der Waals surface area contributed by atoms with Gasteiger partial charge in [0.05, 0.1) is 12.8 Å². The summed E-state index contributed by atoms with van der Waals surface area (Å²) < 4.78 is 18.6. The predicted molar refractivity (Wildman–Crippen MR) is 91.6 cm³/mol. The number of carbonyl (C=O) groups excluding carboxylic acids is 1. The number of piperazine rings is 1. The number of nitrogens with zero attached hydrogens (tertiary/aromatic N) is 2. The second-order valence-electron chi connectivity index (χ2n) is 6.66. The topological polar surface area (TPSA) is 58.8 Å². The lowest BCUT2D eigenvalue weighted by molar-refractivity contribution is -0.136. The number of nitrogens with two attached hydrogens (primary N) is 1. The van der Waals surface area contributed by atoms with Gasteiger partial charge in [-0.1, -0.05) is 6.42 Å². The van der Waals surface area contributed by atoms with Gasteiger partial charge in [0.25, 0.3) is 0 Å². The maximum Gasteiger partial charge on any atom is 0.226 e. The van der Waals surface area contributed by atoms with Crippen LogP contribution in [0.25, 0.3) is 0 Å². The summed E-state index contributed by atoms with van der Waals surface area (Å²) in [4.78, 5) is 16.9. The third kappa shape index (κ3) is 3.34. The van der Waals surface area contributed by atoms with Crippen LogP contribution < -0.4 is 15.4 Å². The first-order chi connectivity index (χ1) is 11.6. The lowest BCUT2D eigenvalue weighted by atomic mass is 9.94. The standard InChI is InChI=1S/C18H26FN3O2/c1-24-17-11-14(19)5-6-16(17)21-7-9-22(10-8-21)18(23)15-4-2-3-13(15)12-20/h5-6,11,13,15H,2-4,7-10,12,20H2,1H3/t13-,15-/m1/s1. The van der Waals surface area contributed by atoms with Gasteiger partial charge < -0.3 is 20.3 Å². The number of ether oxygens (including phenoxy) is 1.